The molecular formula is C30H28N6O2. The Morgan fingerprint density at radius 2 is 1.74 bits per heavy atom. The van der Waals surface area contributed by atoms with E-state index in [1.165, 1.54) is 0 Å². The summed E-state index contributed by atoms with van der Waals surface area (Å²) in [5.74, 6) is 1.14. The summed E-state index contributed by atoms with van der Waals surface area (Å²) in [7, 11) is 0. The van der Waals surface area contributed by atoms with Gasteiger partial charge in [-0.2, -0.15) is 10.2 Å². The number of nitrogens with one attached hydrogen (secondary N) is 1. The van der Waals surface area contributed by atoms with Crippen molar-refractivity contribution in [2.45, 2.75) is 25.8 Å². The fourth-order valence-corrected chi connectivity index (χ4v) is 5.39. The van der Waals surface area contributed by atoms with E-state index < -0.39 is 0 Å². The van der Waals surface area contributed by atoms with Crippen LogP contribution in [0.2, 0.25) is 0 Å². The highest BCUT2D eigenvalue weighted by Crippen LogP contribution is 2.39. The molecule has 1 atom stereocenters. The molecule has 0 bridgehead atoms. The van der Waals surface area contributed by atoms with Crippen LogP contribution in [-0.4, -0.2) is 47.1 Å². The van der Waals surface area contributed by atoms with Crippen LogP contribution in [0.3, 0.4) is 0 Å². The minimum atomic E-state index is -0.0740. The molecule has 0 spiro atoms. The summed E-state index contributed by atoms with van der Waals surface area (Å²) in [5.41, 5.74) is 5.94. The molecule has 1 N–H and O–H groups in total. The third-order valence-electron chi connectivity index (χ3n) is 7.33. The maximum absolute atomic E-state index is 13.0. The second-order valence-electron chi connectivity index (χ2n) is 10.0. The molecule has 6 rings (SSSR count). The van der Waals surface area contributed by atoms with Gasteiger partial charge >= 0.3 is 0 Å². The van der Waals surface area contributed by atoms with E-state index in [9.17, 15) is 10.1 Å². The normalized spacial score (nSPS) is 17.4. The Morgan fingerprint density at radius 3 is 2.47 bits per heavy atom. The Kier molecular flexibility index (Phi) is 6.14. The first kappa shape index (κ1) is 23.9. The number of carbonyl (C=O) groups excluding carboxylic acids is 1. The lowest BCUT2D eigenvalue weighted by atomic mass is 9.93. The second-order valence-corrected chi connectivity index (χ2v) is 10.0. The molecule has 1 saturated heterocycles. The molecule has 0 radical (unpaired) electrons. The summed E-state index contributed by atoms with van der Waals surface area (Å²) in [4.78, 5) is 22.1. The average Bonchev–Trinajstić information content (AvgIpc) is 3.41. The van der Waals surface area contributed by atoms with E-state index in [4.69, 9.17) is 4.52 Å². The SMILES string of the molecule is CC(C)c1nc(-c2ccc(N3CCN(C4c5ccccc5NC(=O)c5ccccc54)CC3)c(C#N)c2)no1. The van der Waals surface area contributed by atoms with E-state index in [0.29, 0.717) is 22.8 Å². The van der Waals surface area contributed by atoms with Gasteiger partial charge in [-0.15, -0.1) is 0 Å². The lowest BCUT2D eigenvalue weighted by Crippen LogP contribution is -2.48. The van der Waals surface area contributed by atoms with Gasteiger partial charge in [-0.3, -0.25) is 9.69 Å². The smallest absolute Gasteiger partial charge is 0.256 e. The van der Waals surface area contributed by atoms with E-state index in [1.807, 2.05) is 68.4 Å². The number of aromatic nitrogens is 2. The number of piperazine rings is 1. The zero-order valence-corrected chi connectivity index (χ0v) is 21.4. The molecule has 0 aliphatic carbocycles. The molecule has 8 heteroatoms. The van der Waals surface area contributed by atoms with Crippen molar-refractivity contribution in [3.05, 3.63) is 94.9 Å². The number of nitriles is 1. The fourth-order valence-electron chi connectivity index (χ4n) is 5.39. The highest BCUT2D eigenvalue weighted by Gasteiger charge is 2.33. The molecule has 3 heterocycles. The third-order valence-corrected chi connectivity index (χ3v) is 7.33. The van der Waals surface area contributed by atoms with Crippen molar-refractivity contribution >= 4 is 17.3 Å². The molecule has 3 aromatic carbocycles. The van der Waals surface area contributed by atoms with Crippen molar-refractivity contribution in [2.75, 3.05) is 36.4 Å². The van der Waals surface area contributed by atoms with Gasteiger partial charge in [0.2, 0.25) is 11.7 Å². The van der Waals surface area contributed by atoms with Crippen LogP contribution in [0, 0.1) is 11.3 Å². The molecule has 2 aliphatic rings. The van der Waals surface area contributed by atoms with Crippen LogP contribution in [0.1, 0.15) is 58.7 Å². The molecule has 2 aliphatic heterocycles. The highest BCUT2D eigenvalue weighted by atomic mass is 16.5. The van der Waals surface area contributed by atoms with E-state index in [2.05, 4.69) is 43.5 Å². The zero-order valence-electron chi connectivity index (χ0n) is 21.4. The summed E-state index contributed by atoms with van der Waals surface area (Å²) >= 11 is 0. The Morgan fingerprint density at radius 1 is 1.00 bits per heavy atom. The van der Waals surface area contributed by atoms with Crippen LogP contribution in [0.25, 0.3) is 11.4 Å². The lowest BCUT2D eigenvalue weighted by Gasteiger charge is -2.41. The minimum absolute atomic E-state index is 0.0327. The number of para-hydroxylation sites is 1. The first-order chi connectivity index (χ1) is 18.5. The largest absolute Gasteiger partial charge is 0.368 e. The molecule has 1 fully saturated rings. The number of rotatable bonds is 4. The van der Waals surface area contributed by atoms with Gasteiger partial charge in [-0.1, -0.05) is 55.4 Å². The Balaban J connectivity index is 1.26. The van der Waals surface area contributed by atoms with Crippen molar-refractivity contribution in [1.29, 1.82) is 5.26 Å². The van der Waals surface area contributed by atoms with Crippen molar-refractivity contribution in [3.63, 3.8) is 0 Å². The number of hydrogen-bond acceptors (Lipinski definition) is 7. The third kappa shape index (κ3) is 4.21. The Hall–Kier alpha value is -4.48. The predicted molar refractivity (Wildman–Crippen MR) is 145 cm³/mol. The summed E-state index contributed by atoms with van der Waals surface area (Å²) in [6, 6.07) is 24.0. The topological polar surface area (TPSA) is 98.3 Å². The van der Waals surface area contributed by atoms with Gasteiger partial charge in [0.25, 0.3) is 5.91 Å². The summed E-state index contributed by atoms with van der Waals surface area (Å²) in [6.07, 6.45) is 0. The van der Waals surface area contributed by atoms with Crippen LogP contribution >= 0.6 is 0 Å². The quantitative estimate of drug-likeness (QED) is 0.407. The maximum Gasteiger partial charge on any atom is 0.256 e. The summed E-state index contributed by atoms with van der Waals surface area (Å²) in [5, 5.41) is 17.1. The van der Waals surface area contributed by atoms with Crippen molar-refractivity contribution in [3.8, 4) is 17.5 Å². The van der Waals surface area contributed by atoms with Crippen LogP contribution < -0.4 is 10.2 Å². The average molecular weight is 505 g/mol. The van der Waals surface area contributed by atoms with Gasteiger partial charge in [-0.25, -0.2) is 0 Å². The van der Waals surface area contributed by atoms with Crippen molar-refractivity contribution < 1.29 is 9.32 Å². The fraction of sp³-hybridized carbons (Fsp3) is 0.267. The molecule has 1 amide bonds. The van der Waals surface area contributed by atoms with E-state index >= 15 is 0 Å². The Labute approximate surface area is 221 Å². The highest BCUT2D eigenvalue weighted by molar-refractivity contribution is 6.07. The van der Waals surface area contributed by atoms with Gasteiger partial charge in [0, 0.05) is 48.9 Å². The minimum Gasteiger partial charge on any atom is -0.368 e. The van der Waals surface area contributed by atoms with E-state index in [-0.39, 0.29) is 17.9 Å². The predicted octanol–water partition coefficient (Wildman–Crippen LogP) is 5.21. The number of amides is 1. The first-order valence-electron chi connectivity index (χ1n) is 12.9. The monoisotopic (exact) mass is 504 g/mol. The standard InChI is InChI=1S/C30H28N6O2/c1-19(2)30-33-28(34-38-30)20-11-12-26(21(17-20)18-31)35-13-15-36(16-14-35)27-22-7-3-4-8-23(22)29(37)32-25-10-6-5-9-24(25)27/h3-12,17,19,27H,13-16H2,1-2H3,(H,32,37). The van der Waals surface area contributed by atoms with E-state index in [1.54, 1.807) is 0 Å². The van der Waals surface area contributed by atoms with Crippen LogP contribution in [0.5, 0.6) is 0 Å². The number of carbonyl (C=O) groups is 1. The second kappa shape index (κ2) is 9.77. The van der Waals surface area contributed by atoms with Crippen molar-refractivity contribution in [1.82, 2.24) is 15.0 Å². The van der Waals surface area contributed by atoms with Gasteiger partial charge in [0.15, 0.2) is 0 Å². The Bertz CT molecular complexity index is 1540. The molecule has 1 unspecified atom stereocenters. The van der Waals surface area contributed by atoms with Crippen molar-refractivity contribution in [2.24, 2.45) is 0 Å². The first-order valence-corrected chi connectivity index (χ1v) is 12.9. The molecule has 1 aromatic heterocycles. The number of benzene rings is 3. The summed E-state index contributed by atoms with van der Waals surface area (Å²) in [6.45, 7) is 7.10. The number of anilines is 2. The van der Waals surface area contributed by atoms with Crippen LogP contribution in [0.4, 0.5) is 11.4 Å². The van der Waals surface area contributed by atoms with Gasteiger partial charge in [-0.05, 0) is 41.5 Å². The molecule has 38 heavy (non-hydrogen) atoms. The molecular weight excluding hydrogens is 476 g/mol. The lowest BCUT2D eigenvalue weighted by molar-refractivity contribution is 0.102. The van der Waals surface area contributed by atoms with Crippen LogP contribution in [0.15, 0.2) is 71.3 Å². The molecule has 190 valence electrons. The maximum atomic E-state index is 13.0. The van der Waals surface area contributed by atoms with E-state index in [0.717, 1.165) is 54.2 Å². The van der Waals surface area contributed by atoms with Gasteiger partial charge in [0.1, 0.15) is 6.07 Å². The van der Waals surface area contributed by atoms with Gasteiger partial charge < -0.3 is 14.7 Å². The number of fused-ring (bicyclic) bond motifs is 2. The number of hydrogen-bond donors (Lipinski definition) is 1. The number of nitrogens with zero attached hydrogens (tertiary/aromatic N) is 5. The summed E-state index contributed by atoms with van der Waals surface area (Å²) < 4.78 is 5.35. The zero-order chi connectivity index (χ0) is 26.2. The van der Waals surface area contributed by atoms with Gasteiger partial charge in [0.05, 0.1) is 17.3 Å². The molecule has 0 saturated carbocycles. The van der Waals surface area contributed by atoms with Crippen LogP contribution in [-0.2, 0) is 0 Å². The molecule has 8 nitrogen and oxygen atoms in total. The molecule has 4 aromatic rings.